The van der Waals surface area contributed by atoms with Crippen molar-refractivity contribution in [3.8, 4) is 5.88 Å². The predicted octanol–water partition coefficient (Wildman–Crippen LogP) is 1.85. The Balaban J connectivity index is 2.16. The monoisotopic (exact) mass is 320 g/mol. The molecule has 8 nitrogen and oxygen atoms in total. The second kappa shape index (κ2) is 7.19. The molecule has 0 bridgehead atoms. The molecule has 2 rings (SSSR count). The molecule has 1 atom stereocenters. The minimum absolute atomic E-state index is 0.127. The highest BCUT2D eigenvalue weighted by Gasteiger charge is 2.26. The van der Waals surface area contributed by atoms with E-state index in [0.717, 1.165) is 0 Å². The Kier molecular flexibility index (Phi) is 5.28. The second-order valence-electron chi connectivity index (χ2n) is 5.49. The molecule has 0 aromatic carbocycles. The van der Waals surface area contributed by atoms with Crippen LogP contribution in [0.4, 0.5) is 0 Å². The number of rotatable bonds is 7. The number of ether oxygens (including phenoxy) is 1. The van der Waals surface area contributed by atoms with Gasteiger partial charge in [-0.1, -0.05) is 19.0 Å². The van der Waals surface area contributed by atoms with E-state index < -0.39 is 12.0 Å². The maximum atomic E-state index is 11.6. The fourth-order valence-electron chi connectivity index (χ4n) is 2.14. The van der Waals surface area contributed by atoms with Gasteiger partial charge in [-0.2, -0.15) is 4.98 Å². The summed E-state index contributed by atoms with van der Waals surface area (Å²) in [7, 11) is 3.19. The zero-order chi connectivity index (χ0) is 17.0. The summed E-state index contributed by atoms with van der Waals surface area (Å²) in [6.07, 6.45) is 1.49. The molecule has 0 unspecified atom stereocenters. The molecule has 2 aromatic rings. The number of aliphatic carboxylic acids is 1. The molecule has 0 aliphatic rings. The first-order valence-corrected chi connectivity index (χ1v) is 7.17. The van der Waals surface area contributed by atoms with Crippen molar-refractivity contribution in [2.75, 3.05) is 14.2 Å². The first-order valence-electron chi connectivity index (χ1n) is 7.17. The van der Waals surface area contributed by atoms with E-state index in [1.54, 1.807) is 24.1 Å². The molecule has 2 aromatic heterocycles. The molecule has 0 radical (unpaired) electrons. The van der Waals surface area contributed by atoms with Crippen LogP contribution in [-0.2, 0) is 11.3 Å². The average molecular weight is 320 g/mol. The van der Waals surface area contributed by atoms with Gasteiger partial charge in [-0.25, -0.2) is 4.98 Å². The molecular weight excluding hydrogens is 300 g/mol. The summed E-state index contributed by atoms with van der Waals surface area (Å²) < 4.78 is 10.1. The second-order valence-corrected chi connectivity index (χ2v) is 5.49. The standard InChI is InChI=1S/C15H20N4O4/c1-9(2)14-17-11(18-23-14)8-19(3)13(15(20)21)10-5-6-12(22-4)16-7-10/h5-7,9,13H,8H2,1-4H3,(H,20,21)/t13-/m0/s1. The lowest BCUT2D eigenvalue weighted by Crippen LogP contribution is -2.31. The highest BCUT2D eigenvalue weighted by molar-refractivity contribution is 5.75. The van der Waals surface area contributed by atoms with E-state index >= 15 is 0 Å². The topological polar surface area (TPSA) is 102 Å². The number of aromatic nitrogens is 3. The number of hydrogen-bond acceptors (Lipinski definition) is 7. The molecule has 0 saturated heterocycles. The molecule has 8 heteroatoms. The summed E-state index contributed by atoms with van der Waals surface area (Å²) in [5.74, 6) is 0.560. The van der Waals surface area contributed by atoms with E-state index in [4.69, 9.17) is 9.26 Å². The molecule has 124 valence electrons. The highest BCUT2D eigenvalue weighted by Crippen LogP contribution is 2.22. The van der Waals surface area contributed by atoms with E-state index in [9.17, 15) is 9.90 Å². The van der Waals surface area contributed by atoms with Crippen LogP contribution in [0.25, 0.3) is 0 Å². The minimum Gasteiger partial charge on any atom is -0.481 e. The van der Waals surface area contributed by atoms with Gasteiger partial charge >= 0.3 is 5.97 Å². The lowest BCUT2D eigenvalue weighted by molar-refractivity contribution is -0.143. The molecule has 0 amide bonds. The van der Waals surface area contributed by atoms with Crippen LogP contribution >= 0.6 is 0 Å². The number of methoxy groups -OCH3 is 1. The van der Waals surface area contributed by atoms with Crippen LogP contribution in [0.2, 0.25) is 0 Å². The van der Waals surface area contributed by atoms with Gasteiger partial charge in [0.15, 0.2) is 5.82 Å². The van der Waals surface area contributed by atoms with Crippen molar-refractivity contribution in [3.05, 3.63) is 35.6 Å². The summed E-state index contributed by atoms with van der Waals surface area (Å²) in [5, 5.41) is 13.4. The van der Waals surface area contributed by atoms with Crippen LogP contribution in [0.15, 0.2) is 22.9 Å². The maximum absolute atomic E-state index is 11.6. The van der Waals surface area contributed by atoms with Crippen molar-refractivity contribution < 1.29 is 19.2 Å². The Bertz CT molecular complexity index is 654. The quantitative estimate of drug-likeness (QED) is 0.824. The zero-order valence-electron chi connectivity index (χ0n) is 13.6. The van der Waals surface area contributed by atoms with Gasteiger partial charge in [0.05, 0.1) is 13.7 Å². The molecule has 0 fully saturated rings. The van der Waals surface area contributed by atoms with Crippen molar-refractivity contribution in [1.29, 1.82) is 0 Å². The molecule has 0 spiro atoms. The fourth-order valence-corrected chi connectivity index (χ4v) is 2.14. The molecule has 0 aliphatic carbocycles. The summed E-state index contributed by atoms with van der Waals surface area (Å²) in [5.41, 5.74) is 0.549. The number of carboxylic acid groups (broad SMARTS) is 1. The summed E-state index contributed by atoms with van der Waals surface area (Å²) in [4.78, 5) is 21.6. The Morgan fingerprint density at radius 1 is 1.43 bits per heavy atom. The van der Waals surface area contributed by atoms with Crippen LogP contribution in [0.1, 0.15) is 43.1 Å². The van der Waals surface area contributed by atoms with E-state index in [1.165, 1.54) is 13.3 Å². The van der Waals surface area contributed by atoms with Crippen LogP contribution in [-0.4, -0.2) is 45.3 Å². The average Bonchev–Trinajstić information content (AvgIpc) is 2.96. The lowest BCUT2D eigenvalue weighted by atomic mass is 10.1. The van der Waals surface area contributed by atoms with Gasteiger partial charge in [0.2, 0.25) is 11.8 Å². The Labute approximate surface area is 134 Å². The van der Waals surface area contributed by atoms with Crippen molar-refractivity contribution >= 4 is 5.97 Å². The van der Waals surface area contributed by atoms with Crippen LogP contribution in [0.3, 0.4) is 0 Å². The molecule has 23 heavy (non-hydrogen) atoms. The maximum Gasteiger partial charge on any atom is 0.325 e. The van der Waals surface area contributed by atoms with E-state index in [2.05, 4.69) is 15.1 Å². The first-order chi connectivity index (χ1) is 10.9. The number of likely N-dealkylation sites (N-methyl/N-ethyl adjacent to an activating group) is 1. The van der Waals surface area contributed by atoms with Crippen LogP contribution in [0.5, 0.6) is 5.88 Å². The largest absolute Gasteiger partial charge is 0.481 e. The third-order valence-electron chi connectivity index (χ3n) is 3.33. The normalized spacial score (nSPS) is 12.6. The fraction of sp³-hybridized carbons (Fsp3) is 0.467. The van der Waals surface area contributed by atoms with Crippen molar-refractivity contribution in [3.63, 3.8) is 0 Å². The van der Waals surface area contributed by atoms with Gasteiger partial charge in [-0.15, -0.1) is 0 Å². The number of carbonyl (C=O) groups is 1. The summed E-state index contributed by atoms with van der Waals surface area (Å²) >= 11 is 0. The van der Waals surface area contributed by atoms with E-state index in [1.807, 2.05) is 13.8 Å². The molecular formula is C15H20N4O4. The number of hydrogen-bond donors (Lipinski definition) is 1. The molecule has 0 aliphatic heterocycles. The van der Waals surface area contributed by atoms with Gasteiger partial charge in [0.1, 0.15) is 6.04 Å². The summed E-state index contributed by atoms with van der Waals surface area (Å²) in [6.45, 7) is 4.15. The molecule has 2 heterocycles. The van der Waals surface area contributed by atoms with Gasteiger partial charge < -0.3 is 14.4 Å². The lowest BCUT2D eigenvalue weighted by Gasteiger charge is -2.23. The van der Waals surface area contributed by atoms with E-state index in [0.29, 0.717) is 23.2 Å². The zero-order valence-corrected chi connectivity index (χ0v) is 13.6. The van der Waals surface area contributed by atoms with Gasteiger partial charge in [0, 0.05) is 18.2 Å². The van der Waals surface area contributed by atoms with Crippen molar-refractivity contribution in [1.82, 2.24) is 20.0 Å². The van der Waals surface area contributed by atoms with Crippen molar-refractivity contribution in [2.45, 2.75) is 32.4 Å². The van der Waals surface area contributed by atoms with Gasteiger partial charge in [0.25, 0.3) is 0 Å². The highest BCUT2D eigenvalue weighted by atomic mass is 16.5. The van der Waals surface area contributed by atoms with E-state index in [-0.39, 0.29) is 12.5 Å². The smallest absolute Gasteiger partial charge is 0.325 e. The molecule has 1 N–H and O–H groups in total. The Hall–Kier alpha value is -2.48. The number of pyridine rings is 1. The third-order valence-corrected chi connectivity index (χ3v) is 3.33. The predicted molar refractivity (Wildman–Crippen MR) is 81.0 cm³/mol. The van der Waals surface area contributed by atoms with Gasteiger partial charge in [-0.05, 0) is 18.7 Å². The SMILES string of the molecule is COc1ccc([C@@H](C(=O)O)N(C)Cc2noc(C(C)C)n2)cn1. The Morgan fingerprint density at radius 2 is 2.17 bits per heavy atom. The minimum atomic E-state index is -0.980. The first kappa shape index (κ1) is 16.9. The van der Waals surface area contributed by atoms with Crippen LogP contribution < -0.4 is 4.74 Å². The summed E-state index contributed by atoms with van der Waals surface area (Å²) in [6, 6.07) is 2.44. The van der Waals surface area contributed by atoms with Crippen molar-refractivity contribution in [2.24, 2.45) is 0 Å². The number of nitrogens with zero attached hydrogens (tertiary/aromatic N) is 4. The third kappa shape index (κ3) is 4.04. The molecule has 0 saturated carbocycles. The van der Waals surface area contributed by atoms with Gasteiger partial charge in [-0.3, -0.25) is 9.69 Å². The van der Waals surface area contributed by atoms with Crippen LogP contribution in [0, 0.1) is 0 Å². The Morgan fingerprint density at radius 3 is 2.65 bits per heavy atom. The number of carboxylic acids is 1.